The van der Waals surface area contributed by atoms with Crippen molar-refractivity contribution in [2.24, 2.45) is 5.41 Å². The smallest absolute Gasteiger partial charge is 0.271 e. The Morgan fingerprint density at radius 3 is 2.27 bits per heavy atom. The van der Waals surface area contributed by atoms with E-state index in [1.807, 2.05) is 31.1 Å². The van der Waals surface area contributed by atoms with Gasteiger partial charge in [0, 0.05) is 18.8 Å². The molecule has 4 amide bonds. The van der Waals surface area contributed by atoms with Gasteiger partial charge in [0.05, 0.1) is 13.7 Å². The van der Waals surface area contributed by atoms with Crippen LogP contribution >= 0.6 is 0 Å². The second kappa shape index (κ2) is 20.1. The number of rotatable bonds is 22. The zero-order valence-corrected chi connectivity index (χ0v) is 27.0. The van der Waals surface area contributed by atoms with E-state index < -0.39 is 17.2 Å². The molecule has 0 aliphatic heterocycles. The van der Waals surface area contributed by atoms with E-state index in [1.165, 1.54) is 13.2 Å². The molecule has 0 heterocycles. The molecule has 5 N–H and O–H groups in total. The molecule has 1 aliphatic rings. The predicted molar refractivity (Wildman–Crippen MR) is 174 cm³/mol. The van der Waals surface area contributed by atoms with E-state index in [2.05, 4.69) is 44.7 Å². The van der Waals surface area contributed by atoms with Gasteiger partial charge >= 0.3 is 0 Å². The van der Waals surface area contributed by atoms with Crippen molar-refractivity contribution in [1.29, 1.82) is 0 Å². The number of hydrogen-bond acceptors (Lipinski definition) is 8. The van der Waals surface area contributed by atoms with E-state index in [9.17, 15) is 19.2 Å². The molecule has 1 aromatic rings. The summed E-state index contributed by atoms with van der Waals surface area (Å²) in [6.45, 7) is 9.52. The quantitative estimate of drug-likeness (QED) is 0.0329. The van der Waals surface area contributed by atoms with Crippen LogP contribution in [0.2, 0.25) is 0 Å². The fraction of sp³-hybridized carbons (Fsp3) is 0.515. The highest BCUT2D eigenvalue weighted by molar-refractivity contribution is 6.11. The number of carbonyl (C=O) groups is 4. The van der Waals surface area contributed by atoms with Gasteiger partial charge in [0.1, 0.15) is 23.5 Å². The van der Waals surface area contributed by atoms with Gasteiger partial charge in [-0.15, -0.1) is 0 Å². The molecule has 0 spiro atoms. The van der Waals surface area contributed by atoms with Crippen molar-refractivity contribution in [3.8, 4) is 0 Å². The fourth-order valence-corrected chi connectivity index (χ4v) is 4.53. The third-order valence-corrected chi connectivity index (χ3v) is 7.43. The van der Waals surface area contributed by atoms with Gasteiger partial charge in [-0.1, -0.05) is 37.8 Å². The molecule has 1 saturated carbocycles. The minimum Gasteiger partial charge on any atom is -0.490 e. The zero-order chi connectivity index (χ0) is 33.1. The van der Waals surface area contributed by atoms with E-state index in [0.29, 0.717) is 56.8 Å². The Hall–Kier alpha value is -4.00. The van der Waals surface area contributed by atoms with Crippen molar-refractivity contribution in [3.05, 3.63) is 66.6 Å². The highest BCUT2D eigenvalue weighted by atomic mass is 16.6. The lowest BCUT2D eigenvalue weighted by Crippen LogP contribution is -2.55. The molecular weight excluding hydrogens is 576 g/mol. The van der Waals surface area contributed by atoms with Crippen LogP contribution in [0, 0.1) is 5.41 Å². The summed E-state index contributed by atoms with van der Waals surface area (Å²) in [5.74, 6) is -0.938. The molecule has 2 rings (SSSR count). The van der Waals surface area contributed by atoms with Crippen LogP contribution in [0.15, 0.2) is 61.0 Å². The van der Waals surface area contributed by atoms with Gasteiger partial charge in [-0.25, -0.2) is 0 Å². The average Bonchev–Trinajstić information content (AvgIpc) is 2.99. The van der Waals surface area contributed by atoms with Crippen LogP contribution in [0.5, 0.6) is 0 Å². The van der Waals surface area contributed by atoms with Crippen molar-refractivity contribution in [2.45, 2.75) is 58.0 Å². The summed E-state index contributed by atoms with van der Waals surface area (Å²) in [5, 5.41) is 11.3. The van der Waals surface area contributed by atoms with Crippen molar-refractivity contribution >= 4 is 29.3 Å². The largest absolute Gasteiger partial charge is 0.490 e. The second-order valence-corrected chi connectivity index (χ2v) is 11.3. The molecule has 0 radical (unpaired) electrons. The van der Waals surface area contributed by atoms with Crippen LogP contribution in [0.25, 0.3) is 0 Å². The third kappa shape index (κ3) is 13.3. The Labute approximate surface area is 267 Å². The maximum atomic E-state index is 13.5. The van der Waals surface area contributed by atoms with Crippen LogP contribution in [0.1, 0.15) is 56.9 Å². The number of nitrogens with one attached hydrogen (secondary N) is 5. The summed E-state index contributed by atoms with van der Waals surface area (Å²) in [4.78, 5) is 58.3. The van der Waals surface area contributed by atoms with E-state index in [1.54, 1.807) is 18.2 Å². The van der Waals surface area contributed by atoms with Crippen molar-refractivity contribution in [1.82, 2.24) is 26.3 Å². The molecule has 1 aromatic carbocycles. The van der Waals surface area contributed by atoms with E-state index >= 15 is 0 Å². The SMILES string of the molecule is C=CC(=C)OCc1ccc(NC(=O)/C(=C/CCCN(C)C)NC(=O)C2(C(=O)NCCCCCNC(=O)CNOC)CCC2)cc1. The number of carbonyl (C=O) groups excluding carboxylic acids is 4. The van der Waals surface area contributed by atoms with E-state index in [-0.39, 0.29) is 24.1 Å². The van der Waals surface area contributed by atoms with Crippen molar-refractivity contribution in [3.63, 3.8) is 0 Å². The number of unbranched alkanes of at least 4 members (excludes halogenated alkanes) is 3. The monoisotopic (exact) mass is 626 g/mol. The Bertz CT molecular complexity index is 1180. The zero-order valence-electron chi connectivity index (χ0n) is 27.0. The van der Waals surface area contributed by atoms with Gasteiger partial charge in [-0.3, -0.25) is 19.2 Å². The highest BCUT2D eigenvalue weighted by Crippen LogP contribution is 2.41. The third-order valence-electron chi connectivity index (χ3n) is 7.43. The summed E-state index contributed by atoms with van der Waals surface area (Å²) in [7, 11) is 5.39. The summed E-state index contributed by atoms with van der Waals surface area (Å²) in [6.07, 6.45) is 8.49. The lowest BCUT2D eigenvalue weighted by atomic mass is 9.67. The van der Waals surface area contributed by atoms with Gasteiger partial charge in [-0.05, 0) is 89.4 Å². The van der Waals surface area contributed by atoms with Gasteiger partial charge < -0.3 is 35.7 Å². The molecule has 1 aliphatic carbocycles. The van der Waals surface area contributed by atoms with Crippen molar-refractivity contribution in [2.75, 3.05) is 52.7 Å². The topological polar surface area (TPSA) is 150 Å². The highest BCUT2D eigenvalue weighted by Gasteiger charge is 2.51. The number of hydrogen-bond donors (Lipinski definition) is 5. The maximum absolute atomic E-state index is 13.5. The van der Waals surface area contributed by atoms with Crippen LogP contribution in [-0.4, -0.2) is 75.9 Å². The molecule has 0 unspecified atom stereocenters. The van der Waals surface area contributed by atoms with Gasteiger partial charge in [-0.2, -0.15) is 5.48 Å². The average molecular weight is 627 g/mol. The number of nitrogens with zero attached hydrogens (tertiary/aromatic N) is 1. The minimum atomic E-state index is -1.21. The molecule has 0 atom stereocenters. The van der Waals surface area contributed by atoms with Gasteiger partial charge in [0.25, 0.3) is 5.91 Å². The molecule has 1 fully saturated rings. The molecule has 0 bridgehead atoms. The number of hydroxylamine groups is 1. The lowest BCUT2D eigenvalue weighted by molar-refractivity contribution is -0.149. The normalized spacial score (nSPS) is 13.7. The first-order chi connectivity index (χ1) is 21.6. The minimum absolute atomic E-state index is 0.0854. The Morgan fingerprint density at radius 2 is 1.67 bits per heavy atom. The number of ether oxygens (including phenoxy) is 1. The first kappa shape index (κ1) is 37.2. The lowest BCUT2D eigenvalue weighted by Gasteiger charge is -2.38. The molecule has 0 aromatic heterocycles. The van der Waals surface area contributed by atoms with Gasteiger partial charge in [0.2, 0.25) is 17.7 Å². The van der Waals surface area contributed by atoms with Crippen LogP contribution in [0.3, 0.4) is 0 Å². The molecule has 45 heavy (non-hydrogen) atoms. The van der Waals surface area contributed by atoms with Crippen molar-refractivity contribution < 1.29 is 28.8 Å². The summed E-state index contributed by atoms with van der Waals surface area (Å²) in [5.41, 5.74) is 2.85. The van der Waals surface area contributed by atoms with E-state index in [0.717, 1.165) is 37.8 Å². The van der Waals surface area contributed by atoms with E-state index in [4.69, 9.17) is 4.74 Å². The Balaban J connectivity index is 1.95. The second-order valence-electron chi connectivity index (χ2n) is 11.3. The molecule has 248 valence electrons. The Morgan fingerprint density at radius 1 is 0.978 bits per heavy atom. The number of allylic oxidation sites excluding steroid dienone is 2. The number of benzene rings is 1. The molecule has 12 heteroatoms. The molecular formula is C33H50N6O6. The molecule has 12 nitrogen and oxygen atoms in total. The standard InChI is InChI=1S/C33H50N6O6/c1-6-25(2)45-24-26-14-16-27(17-15-26)37-30(41)28(13-8-11-22-39(3)4)38-32(43)33(18-12-19-33)31(42)35-21-10-7-9-20-34-29(40)23-36-44-5/h6,13-17,36H,1-2,7-12,18-24H2,3-5H3,(H,34,40)(H,35,42)(H,37,41)(H,38,43)/b28-13-. The number of amides is 4. The maximum Gasteiger partial charge on any atom is 0.271 e. The van der Waals surface area contributed by atoms with Crippen LogP contribution < -0.4 is 26.7 Å². The summed E-state index contributed by atoms with van der Waals surface area (Å²) >= 11 is 0. The summed E-state index contributed by atoms with van der Waals surface area (Å²) in [6, 6.07) is 7.17. The predicted octanol–water partition coefficient (Wildman–Crippen LogP) is 2.91. The first-order valence-corrected chi connectivity index (χ1v) is 15.4. The van der Waals surface area contributed by atoms with Crippen LogP contribution in [-0.2, 0) is 35.4 Å². The van der Waals surface area contributed by atoms with Gasteiger partial charge in [0.15, 0.2) is 0 Å². The number of anilines is 1. The fourth-order valence-electron chi connectivity index (χ4n) is 4.53. The van der Waals surface area contributed by atoms with Crippen LogP contribution in [0.4, 0.5) is 5.69 Å². The first-order valence-electron chi connectivity index (χ1n) is 15.4. The molecule has 0 saturated heterocycles. The Kier molecular flexibility index (Phi) is 16.6. The summed E-state index contributed by atoms with van der Waals surface area (Å²) < 4.78 is 5.47.